The molecule has 0 bridgehead atoms. The van der Waals surface area contributed by atoms with Gasteiger partial charge in [-0.05, 0) is 92.1 Å². The first-order valence-corrected chi connectivity index (χ1v) is 14.2. The molecule has 39 heavy (non-hydrogen) atoms. The monoisotopic (exact) mass is 532 g/mol. The van der Waals surface area contributed by atoms with Gasteiger partial charge < -0.3 is 19.9 Å². The summed E-state index contributed by atoms with van der Waals surface area (Å²) in [6, 6.07) is 5.10. The molecule has 3 aliphatic rings. The van der Waals surface area contributed by atoms with Gasteiger partial charge in [0.1, 0.15) is 0 Å². The number of benzene rings is 1. The van der Waals surface area contributed by atoms with E-state index in [1.54, 1.807) is 0 Å². The van der Waals surface area contributed by atoms with Crippen molar-refractivity contribution in [3.05, 3.63) is 40.1 Å². The number of carbonyl (C=O) groups is 2. The van der Waals surface area contributed by atoms with E-state index in [0.717, 1.165) is 41.9 Å². The number of hydrogen-bond acceptors (Lipinski definition) is 6. The quantitative estimate of drug-likeness (QED) is 0.523. The van der Waals surface area contributed by atoms with Gasteiger partial charge in [-0.1, -0.05) is 11.8 Å². The largest absolute Gasteiger partial charge is 0.378 e. The molecular formula is C32H44N4O3. The molecule has 1 aromatic carbocycles. The smallest absolute Gasteiger partial charge is 0.251 e. The Labute approximate surface area is 234 Å². The molecule has 0 atom stereocenters. The Morgan fingerprint density at radius 1 is 1.13 bits per heavy atom. The normalized spacial score (nSPS) is 22.6. The minimum atomic E-state index is -0.192. The van der Waals surface area contributed by atoms with Gasteiger partial charge in [-0.25, -0.2) is 0 Å². The van der Waals surface area contributed by atoms with E-state index in [4.69, 9.17) is 4.74 Å². The van der Waals surface area contributed by atoms with Crippen molar-refractivity contribution < 1.29 is 14.3 Å². The lowest BCUT2D eigenvalue weighted by atomic mass is 9.88. The van der Waals surface area contributed by atoms with Gasteiger partial charge in [-0.15, -0.1) is 0 Å². The molecule has 1 N–H and O–H groups in total. The van der Waals surface area contributed by atoms with E-state index in [2.05, 4.69) is 66.0 Å². The summed E-state index contributed by atoms with van der Waals surface area (Å²) in [4.78, 5) is 35.4. The number of rotatable bonds is 7. The maximum Gasteiger partial charge on any atom is 0.251 e. The summed E-state index contributed by atoms with van der Waals surface area (Å²) in [7, 11) is 4.33. The number of carbonyl (C=O) groups excluding carboxylic acids is 2. The minimum absolute atomic E-state index is 0.0266. The maximum atomic E-state index is 13.6. The van der Waals surface area contributed by atoms with Crippen molar-refractivity contribution in [2.24, 2.45) is 10.4 Å². The topological polar surface area (TPSA) is 74.2 Å². The Kier molecular flexibility index (Phi) is 8.98. The highest BCUT2D eigenvalue weighted by atomic mass is 16.5. The lowest BCUT2D eigenvalue weighted by Crippen LogP contribution is -2.42. The van der Waals surface area contributed by atoms with E-state index < -0.39 is 0 Å². The lowest BCUT2D eigenvalue weighted by molar-refractivity contribution is -0.114. The fraction of sp³-hybridized carbons (Fsp3) is 0.594. The highest BCUT2D eigenvalue weighted by molar-refractivity contribution is 6.12. The van der Waals surface area contributed by atoms with Gasteiger partial charge in [0.25, 0.3) is 5.91 Å². The summed E-state index contributed by atoms with van der Waals surface area (Å²) in [6.07, 6.45) is 4.89. The van der Waals surface area contributed by atoms with Gasteiger partial charge in [0.2, 0.25) is 0 Å². The molecule has 4 rings (SSSR count). The van der Waals surface area contributed by atoms with Crippen molar-refractivity contribution in [3.63, 3.8) is 0 Å². The second-order valence-corrected chi connectivity index (χ2v) is 11.9. The molecule has 7 heteroatoms. The van der Waals surface area contributed by atoms with Crippen molar-refractivity contribution in [2.75, 3.05) is 45.3 Å². The molecular weight excluding hydrogens is 488 g/mol. The average Bonchev–Trinajstić information content (AvgIpc) is 2.87. The van der Waals surface area contributed by atoms with Crippen molar-refractivity contribution in [2.45, 2.75) is 78.8 Å². The van der Waals surface area contributed by atoms with Crippen molar-refractivity contribution in [1.29, 1.82) is 0 Å². The van der Waals surface area contributed by atoms with Crippen LogP contribution in [0.1, 0.15) is 81.3 Å². The number of anilines is 1. The number of aliphatic imine (C=N–C) groups is 1. The van der Waals surface area contributed by atoms with Crippen LogP contribution in [0.3, 0.4) is 0 Å². The van der Waals surface area contributed by atoms with E-state index in [9.17, 15) is 9.59 Å². The molecule has 2 heterocycles. The Morgan fingerprint density at radius 2 is 1.79 bits per heavy atom. The number of ether oxygens (including phenoxy) is 1. The Bertz CT molecular complexity index is 1240. The second kappa shape index (κ2) is 12.1. The van der Waals surface area contributed by atoms with Gasteiger partial charge in [-0.3, -0.25) is 14.6 Å². The Hall–Kier alpha value is -2.95. The summed E-state index contributed by atoms with van der Waals surface area (Å²) in [6.45, 7) is 12.3. The zero-order chi connectivity index (χ0) is 28.3. The van der Waals surface area contributed by atoms with Crippen molar-refractivity contribution in [1.82, 2.24) is 10.2 Å². The van der Waals surface area contributed by atoms with E-state index in [1.807, 2.05) is 26.8 Å². The average molecular weight is 533 g/mol. The van der Waals surface area contributed by atoms with Gasteiger partial charge in [0.05, 0.1) is 18.6 Å². The third-order valence-corrected chi connectivity index (χ3v) is 8.44. The first-order valence-electron chi connectivity index (χ1n) is 14.2. The maximum absolute atomic E-state index is 13.6. The van der Waals surface area contributed by atoms with Crippen LogP contribution in [-0.4, -0.2) is 74.8 Å². The summed E-state index contributed by atoms with van der Waals surface area (Å²) in [5.41, 5.74) is 5.38. The molecule has 7 nitrogen and oxygen atoms in total. The number of ketones is 1. The van der Waals surface area contributed by atoms with E-state index in [0.29, 0.717) is 48.6 Å². The highest BCUT2D eigenvalue weighted by Gasteiger charge is 2.31. The number of amides is 1. The van der Waals surface area contributed by atoms with Crippen LogP contribution < -0.4 is 10.2 Å². The van der Waals surface area contributed by atoms with Gasteiger partial charge in [0, 0.05) is 65.4 Å². The molecule has 1 aromatic rings. The first kappa shape index (κ1) is 29.0. The molecule has 1 saturated carbocycles. The molecule has 1 aliphatic carbocycles. The van der Waals surface area contributed by atoms with Crippen LogP contribution >= 0.6 is 0 Å². The van der Waals surface area contributed by atoms with Crippen molar-refractivity contribution in [3.8, 4) is 11.8 Å². The van der Waals surface area contributed by atoms with Gasteiger partial charge in [0.15, 0.2) is 5.78 Å². The molecule has 0 spiro atoms. The Balaban J connectivity index is 1.64. The van der Waals surface area contributed by atoms with Crippen LogP contribution in [0.25, 0.3) is 0 Å². The molecule has 0 aromatic heterocycles. The van der Waals surface area contributed by atoms with E-state index >= 15 is 0 Å². The lowest BCUT2D eigenvalue weighted by Gasteiger charge is -2.40. The van der Waals surface area contributed by atoms with Crippen LogP contribution in [-0.2, 0) is 9.53 Å². The number of nitrogens with one attached hydrogen (secondary N) is 1. The van der Waals surface area contributed by atoms with Gasteiger partial charge in [-0.2, -0.15) is 0 Å². The third-order valence-electron chi connectivity index (χ3n) is 8.44. The predicted molar refractivity (Wildman–Crippen MR) is 158 cm³/mol. The summed E-state index contributed by atoms with van der Waals surface area (Å²) >= 11 is 0. The summed E-state index contributed by atoms with van der Waals surface area (Å²) in [5.74, 6) is 6.57. The molecule has 2 fully saturated rings. The Morgan fingerprint density at radius 3 is 2.36 bits per heavy atom. The van der Waals surface area contributed by atoms with Crippen LogP contribution in [0.4, 0.5) is 5.69 Å². The SMILES string of the molecule is CCN(c1cc(C#CC2(C)COC2)cc(C(=O)NCC2=C(C)N=C(C)CC2=O)c1C)[C@H]1CC[C@H](N(C)C)CC1. The number of allylic oxidation sites excluding steroid dienone is 1. The van der Waals surface area contributed by atoms with E-state index in [1.165, 1.54) is 12.8 Å². The molecule has 2 aliphatic heterocycles. The minimum Gasteiger partial charge on any atom is -0.378 e. The fourth-order valence-corrected chi connectivity index (χ4v) is 5.94. The van der Waals surface area contributed by atoms with Crippen LogP contribution in [0.2, 0.25) is 0 Å². The highest BCUT2D eigenvalue weighted by Crippen LogP contribution is 2.33. The standard InChI is InChI=1S/C32H44N4O3/c1-8-36(26-11-9-25(10-12-26)35(6)7)29-17-24(13-14-32(5)19-39-20-32)16-27(22(29)3)31(38)33-18-28-23(4)34-21(2)15-30(28)37/h16-17,25-26H,8-12,15,18-20H2,1-7H3,(H,33,38)/t25-,26-. The molecule has 0 radical (unpaired) electrons. The van der Waals surface area contributed by atoms with Crippen LogP contribution in [0, 0.1) is 24.2 Å². The van der Waals surface area contributed by atoms with E-state index in [-0.39, 0.29) is 23.7 Å². The first-order chi connectivity index (χ1) is 18.5. The zero-order valence-electron chi connectivity index (χ0n) is 24.7. The van der Waals surface area contributed by atoms with Crippen LogP contribution in [0.15, 0.2) is 28.4 Å². The zero-order valence-corrected chi connectivity index (χ0v) is 24.7. The van der Waals surface area contributed by atoms with Gasteiger partial charge >= 0.3 is 0 Å². The molecule has 0 unspecified atom stereocenters. The third kappa shape index (κ3) is 6.62. The number of hydrogen-bond donors (Lipinski definition) is 1. The van der Waals surface area contributed by atoms with Crippen molar-refractivity contribution >= 4 is 23.1 Å². The second-order valence-electron chi connectivity index (χ2n) is 11.9. The van der Waals surface area contributed by atoms with Crippen LogP contribution in [0.5, 0.6) is 0 Å². The summed E-state index contributed by atoms with van der Waals surface area (Å²) < 4.78 is 5.39. The number of nitrogens with zero attached hydrogens (tertiary/aromatic N) is 3. The number of Topliss-reactive ketones (excluding diaryl/α,β-unsaturated/α-hetero) is 1. The summed E-state index contributed by atoms with van der Waals surface area (Å²) in [5, 5.41) is 3.01. The molecule has 1 saturated heterocycles. The molecule has 210 valence electrons. The molecule has 1 amide bonds. The fourth-order valence-electron chi connectivity index (χ4n) is 5.94. The predicted octanol–water partition coefficient (Wildman–Crippen LogP) is 4.52.